The van der Waals surface area contributed by atoms with E-state index in [9.17, 15) is 13.6 Å². The second-order valence-corrected chi connectivity index (χ2v) is 3.86. The minimum atomic E-state index is -2.38. The van der Waals surface area contributed by atoms with E-state index < -0.39 is 17.0 Å². The summed E-state index contributed by atoms with van der Waals surface area (Å²) in [5.74, 6) is -0.579. The van der Waals surface area contributed by atoms with E-state index in [1.165, 1.54) is 13.3 Å². The minimum Gasteiger partial charge on any atom is -0.767 e. The van der Waals surface area contributed by atoms with Gasteiger partial charge in [-0.05, 0) is 0 Å². The predicted molar refractivity (Wildman–Crippen MR) is 40.6 cm³/mol. The van der Waals surface area contributed by atoms with Crippen LogP contribution in [0.2, 0.25) is 0 Å². The van der Waals surface area contributed by atoms with Gasteiger partial charge in [-0.1, -0.05) is 11.3 Å². The Morgan fingerprint density at radius 1 is 1.77 bits per heavy atom. The molecular weight excluding hydrogens is 225 g/mol. The Kier molecular flexibility index (Phi) is 5.93. The van der Waals surface area contributed by atoms with Crippen molar-refractivity contribution in [1.82, 2.24) is 4.98 Å². The molecule has 0 saturated heterocycles. The van der Waals surface area contributed by atoms with Gasteiger partial charge in [0, 0.05) is 11.1 Å². The summed E-state index contributed by atoms with van der Waals surface area (Å²) >= 11 is -1.60. The molecule has 8 heteroatoms. The van der Waals surface area contributed by atoms with E-state index in [0.29, 0.717) is 0 Å². The van der Waals surface area contributed by atoms with Crippen molar-refractivity contribution in [1.29, 1.82) is 0 Å². The third kappa shape index (κ3) is 3.45. The Morgan fingerprint density at radius 2 is 2.38 bits per heavy atom. The molecule has 0 aromatic carbocycles. The van der Waals surface area contributed by atoms with E-state index in [1.54, 1.807) is 0 Å². The van der Waals surface area contributed by atoms with E-state index in [0.717, 1.165) is 11.3 Å². The first-order valence-electron chi connectivity index (χ1n) is 2.78. The summed E-state index contributed by atoms with van der Waals surface area (Å²) in [5, 5.41) is 0. The number of rotatable bonds is 2. The summed E-state index contributed by atoms with van der Waals surface area (Å²) in [4.78, 5) is 14.5. The van der Waals surface area contributed by atoms with E-state index in [2.05, 4.69) is 9.72 Å². The molecule has 0 amide bonds. The standard InChI is InChI=1S/C5H5NO4S2.Na/c1-10-4(7)3-2-6-5(11-3)12(8)9;/h2H,1H3,(H,8,9);/q;+1/p-1. The third-order valence-electron chi connectivity index (χ3n) is 1.01. The molecule has 0 spiro atoms. The Labute approximate surface area is 103 Å². The average Bonchev–Trinajstić information content (AvgIpc) is 2.51. The zero-order valence-electron chi connectivity index (χ0n) is 6.97. The van der Waals surface area contributed by atoms with Gasteiger partial charge in [0.2, 0.25) is 0 Å². The number of methoxy groups -OCH3 is 1. The van der Waals surface area contributed by atoms with Gasteiger partial charge >= 0.3 is 35.5 Å². The fraction of sp³-hybridized carbons (Fsp3) is 0.200. The van der Waals surface area contributed by atoms with Crippen molar-refractivity contribution in [2.45, 2.75) is 4.34 Å². The second-order valence-electron chi connectivity index (χ2n) is 1.72. The molecule has 0 aliphatic heterocycles. The molecule has 66 valence electrons. The first-order chi connectivity index (χ1) is 5.65. The van der Waals surface area contributed by atoms with Crippen molar-refractivity contribution in [3.8, 4) is 0 Å². The van der Waals surface area contributed by atoms with Gasteiger partial charge in [0.05, 0.1) is 13.3 Å². The van der Waals surface area contributed by atoms with Crippen LogP contribution in [0.1, 0.15) is 9.67 Å². The number of carbonyl (C=O) groups excluding carboxylic acids is 1. The van der Waals surface area contributed by atoms with Crippen LogP contribution in [0.15, 0.2) is 10.5 Å². The van der Waals surface area contributed by atoms with Gasteiger partial charge in [-0.3, -0.25) is 4.21 Å². The Morgan fingerprint density at radius 3 is 2.77 bits per heavy atom. The summed E-state index contributed by atoms with van der Waals surface area (Å²) < 4.78 is 24.9. The van der Waals surface area contributed by atoms with Crippen LogP contribution in [0.3, 0.4) is 0 Å². The fourth-order valence-electron chi connectivity index (χ4n) is 0.530. The average molecular weight is 229 g/mol. The molecule has 0 aliphatic carbocycles. The van der Waals surface area contributed by atoms with Gasteiger partial charge in [-0.2, -0.15) is 0 Å². The maximum Gasteiger partial charge on any atom is 1.00 e. The van der Waals surface area contributed by atoms with Crippen molar-refractivity contribution in [3.63, 3.8) is 0 Å². The molecule has 1 aromatic heterocycles. The molecule has 0 bridgehead atoms. The molecule has 1 heterocycles. The van der Waals surface area contributed by atoms with Gasteiger partial charge in [-0.15, -0.1) is 0 Å². The van der Waals surface area contributed by atoms with E-state index >= 15 is 0 Å². The minimum absolute atomic E-state index is 0. The molecule has 0 radical (unpaired) electrons. The number of hydrogen-bond acceptors (Lipinski definition) is 6. The Hall–Kier alpha value is 0.210. The van der Waals surface area contributed by atoms with Crippen LogP contribution in [0.4, 0.5) is 0 Å². The van der Waals surface area contributed by atoms with Crippen LogP contribution >= 0.6 is 11.3 Å². The maximum absolute atomic E-state index is 10.8. The maximum atomic E-state index is 10.8. The summed E-state index contributed by atoms with van der Waals surface area (Å²) in [6.45, 7) is 0. The van der Waals surface area contributed by atoms with Crippen LogP contribution in [0, 0.1) is 0 Å². The van der Waals surface area contributed by atoms with Crippen molar-refractivity contribution in [2.75, 3.05) is 7.11 Å². The smallest absolute Gasteiger partial charge is 0.767 e. The monoisotopic (exact) mass is 229 g/mol. The largest absolute Gasteiger partial charge is 1.00 e. The molecule has 1 unspecified atom stereocenters. The normalized spacial score (nSPS) is 11.5. The number of hydrogen-bond donors (Lipinski definition) is 0. The summed E-state index contributed by atoms with van der Waals surface area (Å²) in [6, 6.07) is 0. The second kappa shape index (κ2) is 5.84. The van der Waals surface area contributed by atoms with Gasteiger partial charge in [0.25, 0.3) is 0 Å². The fourth-order valence-corrected chi connectivity index (χ4v) is 1.78. The van der Waals surface area contributed by atoms with Crippen LogP contribution in [-0.2, 0) is 15.8 Å². The molecule has 13 heavy (non-hydrogen) atoms. The molecule has 0 saturated carbocycles. The van der Waals surface area contributed by atoms with Crippen LogP contribution in [-0.4, -0.2) is 26.8 Å². The van der Waals surface area contributed by atoms with Crippen LogP contribution < -0.4 is 29.6 Å². The summed E-state index contributed by atoms with van der Waals surface area (Å²) in [5.41, 5.74) is 0. The molecule has 0 fully saturated rings. The van der Waals surface area contributed by atoms with Gasteiger partial charge in [-0.25, -0.2) is 9.78 Å². The van der Waals surface area contributed by atoms with Gasteiger partial charge < -0.3 is 9.29 Å². The number of ether oxygens (including phenoxy) is 1. The van der Waals surface area contributed by atoms with Crippen molar-refractivity contribution in [2.24, 2.45) is 0 Å². The first-order valence-corrected chi connectivity index (χ1v) is 4.67. The molecule has 0 aliphatic rings. The van der Waals surface area contributed by atoms with Crippen molar-refractivity contribution < 1.29 is 47.9 Å². The number of esters is 1. The topological polar surface area (TPSA) is 79.3 Å². The van der Waals surface area contributed by atoms with Gasteiger partial charge in [0.1, 0.15) is 4.88 Å². The Balaban J connectivity index is 0.00000144. The summed E-state index contributed by atoms with van der Waals surface area (Å²) in [7, 11) is 1.22. The van der Waals surface area contributed by atoms with Crippen molar-refractivity contribution in [3.05, 3.63) is 11.1 Å². The number of thiazole rings is 1. The summed E-state index contributed by atoms with van der Waals surface area (Å²) in [6.07, 6.45) is 1.17. The van der Waals surface area contributed by atoms with E-state index in [1.807, 2.05) is 0 Å². The number of nitrogens with zero attached hydrogens (tertiary/aromatic N) is 1. The van der Waals surface area contributed by atoms with Crippen LogP contribution in [0.25, 0.3) is 0 Å². The molecular formula is C5H4NNaO4S2. The van der Waals surface area contributed by atoms with E-state index in [4.69, 9.17) is 0 Å². The molecule has 1 rings (SSSR count). The number of carbonyl (C=O) groups is 1. The quantitative estimate of drug-likeness (QED) is 0.310. The third-order valence-corrected chi connectivity index (χ3v) is 2.83. The zero-order chi connectivity index (χ0) is 9.14. The van der Waals surface area contributed by atoms with Gasteiger partial charge in [0.15, 0.2) is 4.34 Å². The molecule has 1 atom stereocenters. The first kappa shape index (κ1) is 13.2. The SMILES string of the molecule is COC(=O)c1cnc(S(=O)[O-])s1.[Na+]. The molecule has 1 aromatic rings. The van der Waals surface area contributed by atoms with E-state index in [-0.39, 0.29) is 38.8 Å². The van der Waals surface area contributed by atoms with Crippen LogP contribution in [0.5, 0.6) is 0 Å². The van der Waals surface area contributed by atoms with Crippen molar-refractivity contribution >= 4 is 28.4 Å². The molecule has 5 nitrogen and oxygen atoms in total. The zero-order valence-corrected chi connectivity index (χ0v) is 10.6. The Bertz CT molecular complexity index is 326. The number of aromatic nitrogens is 1. The molecule has 0 N–H and O–H groups in total. The predicted octanol–water partition coefficient (Wildman–Crippen LogP) is -2.83.